The number of nitrogens with zero attached hydrogens (tertiary/aromatic N) is 1. The SMILES string of the molecule is COC(=O)c1ccc2ccccc2c1OCC(=O)N(C)[C@H]1CCS(=O)(=O)C1. The summed E-state index contributed by atoms with van der Waals surface area (Å²) in [6.45, 7) is -0.301. The second kappa shape index (κ2) is 7.56. The van der Waals surface area contributed by atoms with Crippen LogP contribution in [0.4, 0.5) is 0 Å². The molecular weight excluding hydrogens is 370 g/mol. The van der Waals surface area contributed by atoms with Gasteiger partial charge in [0, 0.05) is 18.5 Å². The first kappa shape index (κ1) is 19.2. The lowest BCUT2D eigenvalue weighted by Gasteiger charge is -2.23. The van der Waals surface area contributed by atoms with E-state index in [2.05, 4.69) is 0 Å². The van der Waals surface area contributed by atoms with Crippen LogP contribution < -0.4 is 4.74 Å². The first-order valence-corrected chi connectivity index (χ1v) is 10.3. The fourth-order valence-corrected chi connectivity index (χ4v) is 4.96. The Bertz CT molecular complexity index is 985. The number of ether oxygens (including phenoxy) is 2. The van der Waals surface area contributed by atoms with E-state index in [4.69, 9.17) is 9.47 Å². The van der Waals surface area contributed by atoms with E-state index < -0.39 is 15.8 Å². The highest BCUT2D eigenvalue weighted by Crippen LogP contribution is 2.30. The minimum atomic E-state index is -3.09. The van der Waals surface area contributed by atoms with Crippen molar-refractivity contribution in [2.24, 2.45) is 0 Å². The smallest absolute Gasteiger partial charge is 0.341 e. The number of rotatable bonds is 5. The molecule has 144 valence electrons. The first-order valence-electron chi connectivity index (χ1n) is 8.51. The van der Waals surface area contributed by atoms with E-state index >= 15 is 0 Å². The summed E-state index contributed by atoms with van der Waals surface area (Å²) in [5.41, 5.74) is 0.232. The van der Waals surface area contributed by atoms with Crippen molar-refractivity contribution in [3.8, 4) is 5.75 Å². The van der Waals surface area contributed by atoms with Gasteiger partial charge in [-0.25, -0.2) is 13.2 Å². The van der Waals surface area contributed by atoms with Gasteiger partial charge in [0.15, 0.2) is 16.4 Å². The van der Waals surface area contributed by atoms with Gasteiger partial charge in [-0.2, -0.15) is 0 Å². The standard InChI is InChI=1S/C19H21NO6S/c1-20(14-9-10-27(23,24)12-14)17(21)11-26-18-15-6-4-3-5-13(15)7-8-16(18)19(22)25-2/h3-8,14H,9-12H2,1-2H3/t14-/m0/s1. The van der Waals surface area contributed by atoms with Gasteiger partial charge < -0.3 is 14.4 Å². The van der Waals surface area contributed by atoms with Crippen molar-refractivity contribution in [3.63, 3.8) is 0 Å². The molecule has 7 nitrogen and oxygen atoms in total. The molecule has 3 rings (SSSR count). The maximum absolute atomic E-state index is 12.5. The molecule has 1 aliphatic rings. The second-order valence-corrected chi connectivity index (χ2v) is 8.73. The van der Waals surface area contributed by atoms with Crippen molar-refractivity contribution in [3.05, 3.63) is 42.0 Å². The van der Waals surface area contributed by atoms with E-state index in [1.165, 1.54) is 12.0 Å². The molecule has 1 fully saturated rings. The number of amides is 1. The van der Waals surface area contributed by atoms with Crippen molar-refractivity contribution in [1.82, 2.24) is 4.90 Å². The predicted octanol–water partition coefficient (Wildman–Crippen LogP) is 1.65. The molecular formula is C19H21NO6S. The summed E-state index contributed by atoms with van der Waals surface area (Å²) in [5.74, 6) is -0.567. The van der Waals surface area contributed by atoms with E-state index in [-0.39, 0.29) is 41.4 Å². The van der Waals surface area contributed by atoms with Gasteiger partial charge in [0.25, 0.3) is 5.91 Å². The Morgan fingerprint density at radius 3 is 2.59 bits per heavy atom. The molecule has 27 heavy (non-hydrogen) atoms. The van der Waals surface area contributed by atoms with Crippen LogP contribution in [0.5, 0.6) is 5.75 Å². The Labute approximate surface area is 157 Å². The normalized spacial score (nSPS) is 18.2. The molecule has 1 amide bonds. The third kappa shape index (κ3) is 4.05. The maximum Gasteiger partial charge on any atom is 0.341 e. The van der Waals surface area contributed by atoms with Crippen molar-refractivity contribution in [2.75, 3.05) is 32.3 Å². The van der Waals surface area contributed by atoms with E-state index in [9.17, 15) is 18.0 Å². The highest BCUT2D eigenvalue weighted by molar-refractivity contribution is 7.91. The van der Waals surface area contributed by atoms with Gasteiger partial charge >= 0.3 is 5.97 Å². The van der Waals surface area contributed by atoms with Gasteiger partial charge in [0.1, 0.15) is 11.3 Å². The summed E-state index contributed by atoms with van der Waals surface area (Å²) in [5, 5.41) is 1.56. The highest BCUT2D eigenvalue weighted by Gasteiger charge is 2.33. The number of fused-ring (bicyclic) bond motifs is 1. The van der Waals surface area contributed by atoms with Gasteiger partial charge in [0.2, 0.25) is 0 Å². The molecule has 0 radical (unpaired) electrons. The second-order valence-electron chi connectivity index (χ2n) is 6.51. The molecule has 0 spiro atoms. The summed E-state index contributed by atoms with van der Waals surface area (Å²) >= 11 is 0. The number of hydrogen-bond acceptors (Lipinski definition) is 6. The Balaban J connectivity index is 1.81. The van der Waals surface area contributed by atoms with E-state index in [0.29, 0.717) is 11.8 Å². The lowest BCUT2D eigenvalue weighted by atomic mass is 10.1. The largest absolute Gasteiger partial charge is 0.482 e. The van der Waals surface area contributed by atoms with Crippen LogP contribution in [0.1, 0.15) is 16.8 Å². The van der Waals surface area contributed by atoms with Crippen molar-refractivity contribution in [1.29, 1.82) is 0 Å². The van der Waals surface area contributed by atoms with Gasteiger partial charge in [-0.05, 0) is 17.9 Å². The molecule has 0 aliphatic carbocycles. The number of hydrogen-bond donors (Lipinski definition) is 0. The Hall–Kier alpha value is -2.61. The quantitative estimate of drug-likeness (QED) is 0.720. The zero-order chi connectivity index (χ0) is 19.6. The van der Waals surface area contributed by atoms with Crippen molar-refractivity contribution < 1.29 is 27.5 Å². The molecule has 1 aliphatic heterocycles. The fraction of sp³-hybridized carbons (Fsp3) is 0.368. The average molecular weight is 391 g/mol. The van der Waals surface area contributed by atoms with Crippen LogP contribution in [0, 0.1) is 0 Å². The van der Waals surface area contributed by atoms with Gasteiger partial charge in [-0.1, -0.05) is 30.3 Å². The number of methoxy groups -OCH3 is 1. The molecule has 1 heterocycles. The Kier molecular flexibility index (Phi) is 5.36. The molecule has 1 atom stereocenters. The van der Waals surface area contributed by atoms with Gasteiger partial charge in [-0.15, -0.1) is 0 Å². The van der Waals surface area contributed by atoms with Crippen molar-refractivity contribution >= 4 is 32.5 Å². The van der Waals surface area contributed by atoms with Crippen LogP contribution in [-0.2, 0) is 19.4 Å². The molecule has 0 N–H and O–H groups in total. The third-order valence-electron chi connectivity index (χ3n) is 4.77. The predicted molar refractivity (Wildman–Crippen MR) is 101 cm³/mol. The van der Waals surface area contributed by atoms with Crippen LogP contribution in [-0.4, -0.2) is 63.5 Å². The Morgan fingerprint density at radius 1 is 1.19 bits per heavy atom. The van der Waals surface area contributed by atoms with E-state index in [0.717, 1.165) is 5.39 Å². The molecule has 0 saturated carbocycles. The summed E-state index contributed by atoms with van der Waals surface area (Å²) in [4.78, 5) is 26.0. The molecule has 0 unspecified atom stereocenters. The summed E-state index contributed by atoms with van der Waals surface area (Å²) in [6.07, 6.45) is 0.423. The number of carbonyl (C=O) groups excluding carboxylic acids is 2. The monoisotopic (exact) mass is 391 g/mol. The molecule has 2 aromatic rings. The minimum Gasteiger partial charge on any atom is -0.482 e. The first-order chi connectivity index (χ1) is 12.8. The van der Waals surface area contributed by atoms with E-state index in [1.54, 1.807) is 25.2 Å². The average Bonchev–Trinajstić information content (AvgIpc) is 3.04. The topological polar surface area (TPSA) is 90.0 Å². The number of carbonyl (C=O) groups is 2. The highest BCUT2D eigenvalue weighted by atomic mass is 32.2. The molecule has 1 saturated heterocycles. The lowest BCUT2D eigenvalue weighted by Crippen LogP contribution is -2.40. The maximum atomic E-state index is 12.5. The zero-order valence-electron chi connectivity index (χ0n) is 15.2. The lowest BCUT2D eigenvalue weighted by molar-refractivity contribution is -0.133. The van der Waals surface area contributed by atoms with Crippen LogP contribution in [0.3, 0.4) is 0 Å². The number of benzene rings is 2. The minimum absolute atomic E-state index is 0.0308. The third-order valence-corrected chi connectivity index (χ3v) is 6.52. The van der Waals surface area contributed by atoms with Crippen LogP contribution in [0.25, 0.3) is 10.8 Å². The number of esters is 1. The molecule has 0 aromatic heterocycles. The molecule has 8 heteroatoms. The van der Waals surface area contributed by atoms with Gasteiger partial charge in [0.05, 0.1) is 18.6 Å². The van der Waals surface area contributed by atoms with Crippen molar-refractivity contribution in [2.45, 2.75) is 12.5 Å². The summed E-state index contributed by atoms with van der Waals surface area (Å²) in [6, 6.07) is 10.4. The van der Waals surface area contributed by atoms with Crippen LogP contribution >= 0.6 is 0 Å². The zero-order valence-corrected chi connectivity index (χ0v) is 16.0. The number of likely N-dealkylation sites (N-methyl/N-ethyl adjacent to an activating group) is 1. The fourth-order valence-electron chi connectivity index (χ4n) is 3.19. The van der Waals surface area contributed by atoms with Crippen LogP contribution in [0.15, 0.2) is 36.4 Å². The Morgan fingerprint density at radius 2 is 1.93 bits per heavy atom. The summed E-state index contributed by atoms with van der Waals surface area (Å²) in [7, 11) is -0.238. The summed E-state index contributed by atoms with van der Waals surface area (Å²) < 4.78 is 33.8. The van der Waals surface area contributed by atoms with Gasteiger partial charge in [-0.3, -0.25) is 4.79 Å². The van der Waals surface area contributed by atoms with E-state index in [1.807, 2.05) is 18.2 Å². The molecule has 2 aromatic carbocycles. The molecule has 0 bridgehead atoms. The van der Waals surface area contributed by atoms with Crippen LogP contribution in [0.2, 0.25) is 0 Å². The number of sulfone groups is 1.